The van der Waals surface area contributed by atoms with Crippen LogP contribution in [-0.4, -0.2) is 72.6 Å². The van der Waals surface area contributed by atoms with Crippen molar-refractivity contribution in [2.24, 2.45) is 0 Å². The van der Waals surface area contributed by atoms with Crippen LogP contribution in [0.15, 0.2) is 25.3 Å². The maximum atomic E-state index is 11.2. The fraction of sp³-hybridized carbons (Fsp3) is 0.679. The second kappa shape index (κ2) is 19.5. The molecule has 0 N–H and O–H groups in total. The number of esters is 4. The number of fused-ring (bicyclic) bond motifs is 1. The van der Waals surface area contributed by atoms with Gasteiger partial charge in [0.25, 0.3) is 0 Å². The van der Waals surface area contributed by atoms with E-state index in [0.717, 1.165) is 57.5 Å². The zero-order valence-electron chi connectivity index (χ0n) is 22.8. The average molecular weight is 618 g/mol. The minimum atomic E-state index is -0.708. The molecule has 0 aromatic carbocycles. The van der Waals surface area contributed by atoms with Gasteiger partial charge in [-0.15, -0.1) is 0 Å². The highest BCUT2D eigenvalue weighted by molar-refractivity contribution is 9.09. The van der Waals surface area contributed by atoms with E-state index < -0.39 is 23.6 Å². The van der Waals surface area contributed by atoms with Gasteiger partial charge in [0, 0.05) is 31.8 Å². The minimum absolute atomic E-state index is 0.0384. The van der Waals surface area contributed by atoms with E-state index >= 15 is 0 Å². The van der Waals surface area contributed by atoms with Crippen molar-refractivity contribution in [1.29, 1.82) is 0 Å². The van der Waals surface area contributed by atoms with Gasteiger partial charge in [0.15, 0.2) is 17.5 Å². The lowest BCUT2D eigenvalue weighted by atomic mass is 9.81. The highest BCUT2D eigenvalue weighted by atomic mass is 79.9. The highest BCUT2D eigenvalue weighted by Gasteiger charge is 2.53. The Labute approximate surface area is 238 Å². The lowest BCUT2D eigenvalue weighted by Crippen LogP contribution is -2.44. The van der Waals surface area contributed by atoms with E-state index in [1.807, 2.05) is 0 Å². The fourth-order valence-corrected chi connectivity index (χ4v) is 4.52. The van der Waals surface area contributed by atoms with Crippen molar-refractivity contribution >= 4 is 45.6 Å². The molecule has 0 radical (unpaired) electrons. The Bertz CT molecular complexity index is 831. The van der Waals surface area contributed by atoms with Crippen LogP contribution in [0.1, 0.15) is 77.6 Å². The fourth-order valence-electron chi connectivity index (χ4n) is 4.36. The van der Waals surface area contributed by atoms with E-state index in [9.17, 15) is 24.0 Å². The summed E-state index contributed by atoms with van der Waals surface area (Å²) in [5, 5.41) is 0.292. The van der Waals surface area contributed by atoms with E-state index in [0.29, 0.717) is 31.2 Å². The van der Waals surface area contributed by atoms with Crippen LogP contribution in [-0.2, 0) is 47.7 Å². The van der Waals surface area contributed by atoms with Gasteiger partial charge in [0.2, 0.25) is 0 Å². The van der Waals surface area contributed by atoms with Gasteiger partial charge in [-0.2, -0.15) is 0 Å². The van der Waals surface area contributed by atoms with Crippen molar-refractivity contribution in [3.63, 3.8) is 0 Å². The summed E-state index contributed by atoms with van der Waals surface area (Å²) in [6.45, 7) is 10.9. The predicted octanol–water partition coefficient (Wildman–Crippen LogP) is 4.31. The molecule has 3 atom stereocenters. The largest absolute Gasteiger partial charge is 0.465 e. The average Bonchev–Trinajstić information content (AvgIpc) is 3.62. The van der Waals surface area contributed by atoms with E-state index in [1.165, 1.54) is 12.8 Å². The monoisotopic (exact) mass is 616 g/mol. The number of ether oxygens (including phenoxy) is 5. The molecule has 2 aliphatic heterocycles. The Hall–Kier alpha value is -2.53. The summed E-state index contributed by atoms with van der Waals surface area (Å²) in [6.07, 6.45) is 10.8. The molecule has 4 aliphatic rings. The number of carbonyl (C=O) groups is 5. The molecule has 2 saturated heterocycles. The van der Waals surface area contributed by atoms with Crippen LogP contribution < -0.4 is 0 Å². The molecule has 2 saturated carbocycles. The SMILES string of the molecule is C1CCOC1.C=CC(=O)OC12CCCCC1OC(=O)C2.C=CC(=O)OC1CCCCC1=O.CCOC(=O)CBr. The Balaban J connectivity index is 0.000000282. The molecular weight excluding hydrogens is 576 g/mol. The molecule has 11 heteroatoms. The zero-order chi connectivity index (χ0) is 29.1. The normalized spacial score (nSPS) is 24.9. The van der Waals surface area contributed by atoms with Crippen molar-refractivity contribution in [2.45, 2.75) is 95.4 Å². The van der Waals surface area contributed by atoms with Gasteiger partial charge in [0.1, 0.15) is 11.4 Å². The summed E-state index contributed by atoms with van der Waals surface area (Å²) in [5.41, 5.74) is -0.708. The number of carbonyl (C=O) groups excluding carboxylic acids is 5. The predicted molar refractivity (Wildman–Crippen MR) is 146 cm³/mol. The first kappa shape index (κ1) is 34.5. The van der Waals surface area contributed by atoms with Crippen LogP contribution in [0.25, 0.3) is 0 Å². The van der Waals surface area contributed by atoms with Crippen LogP contribution in [0.4, 0.5) is 0 Å². The maximum Gasteiger partial charge on any atom is 0.330 e. The van der Waals surface area contributed by atoms with Gasteiger partial charge in [-0.05, 0) is 64.7 Å². The summed E-state index contributed by atoms with van der Waals surface area (Å²) in [4.78, 5) is 54.5. The second-order valence-electron chi connectivity index (χ2n) is 9.19. The standard InChI is InChI=1S/C11H14O4.C9H12O3.C4H7BrO2.C4H8O/c1-2-9(12)15-11-6-4-3-5-8(11)14-10(13)7-11;1-2-9(11)12-8-6-4-3-5-7(8)10;1-2-7-4(6)3-5;1-2-4-5-3-1/h2,8H,1,3-7H2;2,8H,1,3-6H2;2-3H2,1H3;1-4H2. The van der Waals surface area contributed by atoms with Gasteiger partial charge in [-0.25, -0.2) is 9.59 Å². The molecule has 2 heterocycles. The van der Waals surface area contributed by atoms with Crippen LogP contribution in [0.3, 0.4) is 0 Å². The number of hydrogen-bond donors (Lipinski definition) is 0. The van der Waals surface area contributed by atoms with Gasteiger partial charge >= 0.3 is 23.9 Å². The van der Waals surface area contributed by atoms with Gasteiger partial charge < -0.3 is 23.7 Å². The molecule has 3 unspecified atom stereocenters. The summed E-state index contributed by atoms with van der Waals surface area (Å²) in [7, 11) is 0. The van der Waals surface area contributed by atoms with E-state index in [4.69, 9.17) is 18.9 Å². The quantitative estimate of drug-likeness (QED) is 0.184. The van der Waals surface area contributed by atoms with Gasteiger partial charge in [0.05, 0.1) is 13.0 Å². The summed E-state index contributed by atoms with van der Waals surface area (Å²) >= 11 is 2.94. The number of rotatable bonds is 6. The highest BCUT2D eigenvalue weighted by Crippen LogP contribution is 2.41. The van der Waals surface area contributed by atoms with Crippen LogP contribution in [0.2, 0.25) is 0 Å². The Morgan fingerprint density at radius 2 is 1.67 bits per heavy atom. The third-order valence-electron chi connectivity index (χ3n) is 6.26. The second-order valence-corrected chi connectivity index (χ2v) is 9.75. The number of halogens is 1. The van der Waals surface area contributed by atoms with E-state index in [1.54, 1.807) is 6.92 Å². The third kappa shape index (κ3) is 13.4. The molecule has 10 nitrogen and oxygen atoms in total. The first-order valence-electron chi connectivity index (χ1n) is 13.4. The van der Waals surface area contributed by atoms with Crippen molar-refractivity contribution in [2.75, 3.05) is 25.2 Å². The zero-order valence-corrected chi connectivity index (χ0v) is 24.4. The summed E-state index contributed by atoms with van der Waals surface area (Å²) in [5.74, 6) is -1.41. The molecule has 4 rings (SSSR count). The maximum absolute atomic E-state index is 11.2. The topological polar surface area (TPSA) is 132 Å². The molecule has 0 amide bonds. The van der Waals surface area contributed by atoms with Crippen molar-refractivity contribution < 1.29 is 47.7 Å². The number of ketones is 1. The summed E-state index contributed by atoms with van der Waals surface area (Å²) in [6, 6.07) is 0. The van der Waals surface area contributed by atoms with Crippen LogP contribution in [0, 0.1) is 0 Å². The molecule has 2 aliphatic carbocycles. The van der Waals surface area contributed by atoms with Gasteiger partial charge in [-0.3, -0.25) is 14.4 Å². The molecule has 4 fully saturated rings. The van der Waals surface area contributed by atoms with Crippen LogP contribution >= 0.6 is 15.9 Å². The lowest BCUT2D eigenvalue weighted by molar-refractivity contribution is -0.165. The number of Topliss-reactive ketones (excluding diaryl/α,β-unsaturated/α-hetero) is 1. The molecule has 220 valence electrons. The Kier molecular flexibility index (Phi) is 17.3. The van der Waals surface area contributed by atoms with Crippen LogP contribution in [0.5, 0.6) is 0 Å². The first-order chi connectivity index (χ1) is 18.7. The van der Waals surface area contributed by atoms with Crippen molar-refractivity contribution in [1.82, 2.24) is 0 Å². The molecule has 0 aromatic rings. The molecule has 0 aromatic heterocycles. The number of alkyl halides is 1. The Morgan fingerprint density at radius 3 is 2.18 bits per heavy atom. The molecular formula is C28H41BrO10. The lowest BCUT2D eigenvalue weighted by Gasteiger charge is -2.35. The smallest absolute Gasteiger partial charge is 0.330 e. The number of hydrogen-bond acceptors (Lipinski definition) is 10. The Morgan fingerprint density at radius 1 is 1.00 bits per heavy atom. The van der Waals surface area contributed by atoms with Crippen molar-refractivity contribution in [3.05, 3.63) is 25.3 Å². The van der Waals surface area contributed by atoms with E-state index in [-0.39, 0.29) is 30.2 Å². The molecule has 0 bridgehead atoms. The van der Waals surface area contributed by atoms with E-state index in [2.05, 4.69) is 33.8 Å². The third-order valence-corrected chi connectivity index (χ3v) is 6.71. The van der Waals surface area contributed by atoms with Gasteiger partial charge in [-0.1, -0.05) is 29.1 Å². The summed E-state index contributed by atoms with van der Waals surface area (Å²) < 4.78 is 24.8. The molecule has 0 spiro atoms. The minimum Gasteiger partial charge on any atom is -0.465 e. The van der Waals surface area contributed by atoms with Crippen molar-refractivity contribution in [3.8, 4) is 0 Å². The molecule has 39 heavy (non-hydrogen) atoms. The first-order valence-corrected chi connectivity index (χ1v) is 14.5.